The fourth-order valence-electron chi connectivity index (χ4n) is 2.55. The molecular formula is C19H26N4O. The van der Waals surface area contributed by atoms with Crippen molar-refractivity contribution in [3.8, 4) is 6.07 Å². The summed E-state index contributed by atoms with van der Waals surface area (Å²) in [4.78, 5) is 16.6. The molecule has 1 aliphatic rings. The van der Waals surface area contributed by atoms with Gasteiger partial charge in [-0.2, -0.15) is 5.26 Å². The molecule has 5 heteroatoms. The largest absolute Gasteiger partial charge is 0.385 e. The fraction of sp³-hybridized carbons (Fsp3) is 0.474. The minimum absolute atomic E-state index is 0.168. The number of nitriles is 1. The average molecular weight is 326 g/mol. The summed E-state index contributed by atoms with van der Waals surface area (Å²) in [6.45, 7) is 9.83. The number of rotatable bonds is 4. The highest BCUT2D eigenvalue weighted by Gasteiger charge is 2.24. The summed E-state index contributed by atoms with van der Waals surface area (Å²) in [6.07, 6.45) is 1.54. The molecule has 0 saturated carbocycles. The van der Waals surface area contributed by atoms with E-state index in [-0.39, 0.29) is 17.0 Å². The maximum atomic E-state index is 12.5. The van der Waals surface area contributed by atoms with Crippen LogP contribution in [0.1, 0.15) is 26.3 Å². The van der Waals surface area contributed by atoms with Crippen LogP contribution >= 0.6 is 0 Å². The second-order valence-corrected chi connectivity index (χ2v) is 7.12. The first kappa shape index (κ1) is 18.0. The molecule has 0 radical (unpaired) electrons. The second-order valence-electron chi connectivity index (χ2n) is 7.12. The van der Waals surface area contributed by atoms with Gasteiger partial charge >= 0.3 is 0 Å². The van der Waals surface area contributed by atoms with E-state index in [1.54, 1.807) is 11.1 Å². The third-order valence-electron chi connectivity index (χ3n) is 3.91. The van der Waals surface area contributed by atoms with Crippen LogP contribution in [0.25, 0.3) is 0 Å². The zero-order valence-corrected chi connectivity index (χ0v) is 14.7. The number of piperazine rings is 1. The molecule has 5 nitrogen and oxygen atoms in total. The van der Waals surface area contributed by atoms with Crippen LogP contribution in [-0.2, 0) is 11.3 Å². The lowest BCUT2D eigenvalue weighted by atomic mass is 10.1. The molecule has 24 heavy (non-hydrogen) atoms. The van der Waals surface area contributed by atoms with Gasteiger partial charge in [0, 0.05) is 44.5 Å². The minimum Gasteiger partial charge on any atom is -0.385 e. The summed E-state index contributed by atoms with van der Waals surface area (Å²) < 4.78 is 0. The van der Waals surface area contributed by atoms with Crippen molar-refractivity contribution in [2.75, 3.05) is 26.2 Å². The molecular weight excluding hydrogens is 300 g/mol. The van der Waals surface area contributed by atoms with Crippen molar-refractivity contribution in [3.05, 3.63) is 47.7 Å². The van der Waals surface area contributed by atoms with Crippen LogP contribution in [0.4, 0.5) is 0 Å². The summed E-state index contributed by atoms with van der Waals surface area (Å²) in [5, 5.41) is 12.3. The van der Waals surface area contributed by atoms with Crippen molar-refractivity contribution >= 4 is 5.91 Å². The van der Waals surface area contributed by atoms with Gasteiger partial charge in [-0.1, -0.05) is 30.3 Å². The van der Waals surface area contributed by atoms with Gasteiger partial charge in [0.25, 0.3) is 5.91 Å². The van der Waals surface area contributed by atoms with Gasteiger partial charge in [0.1, 0.15) is 11.6 Å². The van der Waals surface area contributed by atoms with Crippen LogP contribution < -0.4 is 5.32 Å². The van der Waals surface area contributed by atoms with Gasteiger partial charge in [-0.3, -0.25) is 9.69 Å². The lowest BCUT2D eigenvalue weighted by Gasteiger charge is -2.34. The van der Waals surface area contributed by atoms with Gasteiger partial charge in [-0.15, -0.1) is 0 Å². The van der Waals surface area contributed by atoms with Crippen LogP contribution in [0, 0.1) is 11.3 Å². The van der Waals surface area contributed by atoms with Crippen molar-refractivity contribution in [2.24, 2.45) is 0 Å². The summed E-state index contributed by atoms with van der Waals surface area (Å²) in [6, 6.07) is 12.4. The fourth-order valence-corrected chi connectivity index (χ4v) is 2.55. The molecule has 0 unspecified atom stereocenters. The zero-order valence-electron chi connectivity index (χ0n) is 14.7. The Labute approximate surface area is 144 Å². The van der Waals surface area contributed by atoms with E-state index < -0.39 is 0 Å². The number of hydrogen-bond acceptors (Lipinski definition) is 4. The normalized spacial score (nSPS) is 16.6. The molecule has 0 spiro atoms. The second kappa shape index (κ2) is 7.98. The van der Waals surface area contributed by atoms with Gasteiger partial charge in [0.05, 0.1) is 0 Å². The molecule has 2 rings (SSSR count). The van der Waals surface area contributed by atoms with Gasteiger partial charge in [-0.05, 0) is 26.3 Å². The maximum absolute atomic E-state index is 12.5. The van der Waals surface area contributed by atoms with E-state index in [0.717, 1.165) is 19.6 Å². The molecule has 1 saturated heterocycles. The van der Waals surface area contributed by atoms with Crippen molar-refractivity contribution in [1.82, 2.24) is 15.1 Å². The van der Waals surface area contributed by atoms with Gasteiger partial charge < -0.3 is 10.2 Å². The predicted octanol–water partition coefficient (Wildman–Crippen LogP) is 2.13. The zero-order chi connectivity index (χ0) is 17.6. The maximum Gasteiger partial charge on any atom is 0.266 e. The Kier molecular flexibility index (Phi) is 5.99. The van der Waals surface area contributed by atoms with E-state index in [1.807, 2.05) is 45.0 Å². The number of hydrogen-bond donors (Lipinski definition) is 1. The third kappa shape index (κ3) is 5.39. The van der Waals surface area contributed by atoms with E-state index >= 15 is 0 Å². The Morgan fingerprint density at radius 2 is 1.83 bits per heavy atom. The quantitative estimate of drug-likeness (QED) is 0.680. The smallest absolute Gasteiger partial charge is 0.266 e. The Balaban J connectivity index is 1.89. The molecule has 1 aromatic carbocycles. The number of amides is 1. The first-order valence-corrected chi connectivity index (χ1v) is 8.32. The highest BCUT2D eigenvalue weighted by atomic mass is 16.2. The summed E-state index contributed by atoms with van der Waals surface area (Å²) in [5.41, 5.74) is 1.28. The summed E-state index contributed by atoms with van der Waals surface area (Å²) in [7, 11) is 0. The molecule has 1 fully saturated rings. The van der Waals surface area contributed by atoms with Crippen molar-refractivity contribution in [2.45, 2.75) is 32.9 Å². The molecule has 1 amide bonds. The molecule has 1 heterocycles. The molecule has 0 aromatic heterocycles. The van der Waals surface area contributed by atoms with E-state index in [1.165, 1.54) is 5.56 Å². The van der Waals surface area contributed by atoms with Crippen LogP contribution in [0.3, 0.4) is 0 Å². The van der Waals surface area contributed by atoms with Crippen molar-refractivity contribution in [3.63, 3.8) is 0 Å². The lowest BCUT2D eigenvalue weighted by Crippen LogP contribution is -2.48. The Bertz CT molecular complexity index is 617. The number of carbonyl (C=O) groups excluding carboxylic acids is 1. The summed E-state index contributed by atoms with van der Waals surface area (Å²) >= 11 is 0. The molecule has 0 bridgehead atoms. The molecule has 0 aliphatic carbocycles. The van der Waals surface area contributed by atoms with Crippen LogP contribution in [0.5, 0.6) is 0 Å². The molecule has 1 aromatic rings. The number of nitrogens with zero attached hydrogens (tertiary/aromatic N) is 3. The summed E-state index contributed by atoms with van der Waals surface area (Å²) in [5.74, 6) is -0.186. The molecule has 0 atom stereocenters. The Morgan fingerprint density at radius 1 is 1.21 bits per heavy atom. The van der Waals surface area contributed by atoms with E-state index in [9.17, 15) is 10.1 Å². The minimum atomic E-state index is -0.186. The molecule has 128 valence electrons. The number of benzene rings is 1. The first-order valence-electron chi connectivity index (χ1n) is 8.32. The van der Waals surface area contributed by atoms with E-state index in [2.05, 4.69) is 22.3 Å². The Hall–Kier alpha value is -2.32. The van der Waals surface area contributed by atoms with Crippen molar-refractivity contribution < 1.29 is 4.79 Å². The highest BCUT2D eigenvalue weighted by Crippen LogP contribution is 2.11. The number of nitrogens with one attached hydrogen (secondary N) is 1. The predicted molar refractivity (Wildman–Crippen MR) is 94.9 cm³/mol. The topological polar surface area (TPSA) is 59.4 Å². The molecule has 1 aliphatic heterocycles. The third-order valence-corrected chi connectivity index (χ3v) is 3.91. The lowest BCUT2D eigenvalue weighted by molar-refractivity contribution is -0.128. The SMILES string of the molecule is CC(C)(C)N/C=C(/C#N)C(=O)N1CCN(Cc2ccccc2)CC1. The Morgan fingerprint density at radius 3 is 2.38 bits per heavy atom. The van der Waals surface area contributed by atoms with Gasteiger partial charge in [-0.25, -0.2) is 0 Å². The first-order chi connectivity index (χ1) is 11.4. The highest BCUT2D eigenvalue weighted by molar-refractivity contribution is 5.97. The van der Waals surface area contributed by atoms with E-state index in [4.69, 9.17) is 0 Å². The number of carbonyl (C=O) groups is 1. The van der Waals surface area contributed by atoms with Crippen LogP contribution in [-0.4, -0.2) is 47.4 Å². The van der Waals surface area contributed by atoms with E-state index in [0.29, 0.717) is 13.1 Å². The van der Waals surface area contributed by atoms with Gasteiger partial charge in [0.15, 0.2) is 0 Å². The van der Waals surface area contributed by atoms with Crippen LogP contribution in [0.2, 0.25) is 0 Å². The average Bonchev–Trinajstić information content (AvgIpc) is 2.56. The van der Waals surface area contributed by atoms with Crippen LogP contribution in [0.15, 0.2) is 42.1 Å². The molecule has 1 N–H and O–H groups in total. The van der Waals surface area contributed by atoms with Gasteiger partial charge in [0.2, 0.25) is 0 Å². The standard InChI is InChI=1S/C19H26N4O/c1-19(2,3)21-14-17(13-20)18(24)23-11-9-22(10-12-23)15-16-7-5-4-6-8-16/h4-8,14,21H,9-12,15H2,1-3H3/b17-14-. The van der Waals surface area contributed by atoms with Crippen molar-refractivity contribution in [1.29, 1.82) is 5.26 Å². The monoisotopic (exact) mass is 326 g/mol.